The number of aryl methyl sites for hydroxylation is 1. The van der Waals surface area contributed by atoms with E-state index in [1.54, 1.807) is 19.1 Å². The number of rotatable bonds is 4. The number of benzene rings is 1. The molecule has 0 bridgehead atoms. The Morgan fingerprint density at radius 3 is 2.65 bits per heavy atom. The van der Waals surface area contributed by atoms with Gasteiger partial charge in [0.1, 0.15) is 0 Å². The predicted octanol–water partition coefficient (Wildman–Crippen LogP) is 0.487. The molecule has 0 aliphatic carbocycles. The van der Waals surface area contributed by atoms with Gasteiger partial charge in [-0.2, -0.15) is 0 Å². The molecule has 6 heteroatoms. The Bertz CT molecular complexity index is 524. The zero-order chi connectivity index (χ0) is 13.1. The molecule has 3 N–H and O–H groups in total. The number of nitrogen functional groups attached to an aromatic ring is 1. The van der Waals surface area contributed by atoms with E-state index in [2.05, 4.69) is 5.32 Å². The molecule has 0 unspecified atom stereocenters. The molecule has 0 aromatic heterocycles. The summed E-state index contributed by atoms with van der Waals surface area (Å²) in [7, 11) is -2.04. The van der Waals surface area contributed by atoms with Crippen LogP contribution < -0.4 is 11.1 Å². The number of amides is 1. The van der Waals surface area contributed by atoms with Crippen molar-refractivity contribution in [3.63, 3.8) is 0 Å². The number of carbonyl (C=O) groups excluding carboxylic acids is 1. The lowest BCUT2D eigenvalue weighted by molar-refractivity contribution is -0.120. The summed E-state index contributed by atoms with van der Waals surface area (Å²) < 4.78 is 23.9. The number of nitrogens with two attached hydrogens (primary N) is 1. The van der Waals surface area contributed by atoms with Crippen molar-refractivity contribution >= 4 is 21.4 Å². The molecule has 1 aromatic rings. The second kappa shape index (κ2) is 5.18. The van der Waals surface area contributed by atoms with Gasteiger partial charge in [0, 0.05) is 13.5 Å². The molecular weight excluding hydrogens is 240 g/mol. The Hall–Kier alpha value is -1.56. The number of nitrogens with one attached hydrogen (secondary N) is 1. The van der Waals surface area contributed by atoms with Crippen molar-refractivity contribution in [2.45, 2.75) is 18.2 Å². The van der Waals surface area contributed by atoms with Crippen LogP contribution >= 0.6 is 0 Å². The highest BCUT2D eigenvalue weighted by Crippen LogP contribution is 2.21. The number of carbonyl (C=O) groups is 1. The minimum atomic E-state index is -3.50. The van der Waals surface area contributed by atoms with Crippen LogP contribution in [0.4, 0.5) is 5.69 Å². The molecule has 0 atom stereocenters. The van der Waals surface area contributed by atoms with Crippen molar-refractivity contribution in [3.05, 3.63) is 23.8 Å². The summed E-state index contributed by atoms with van der Waals surface area (Å²) >= 11 is 0. The van der Waals surface area contributed by atoms with Crippen LogP contribution in [0.2, 0.25) is 0 Å². The number of hydrogen-bond donors (Lipinski definition) is 2. The molecule has 0 spiro atoms. The largest absolute Gasteiger partial charge is 0.398 e. The Morgan fingerprint density at radius 2 is 2.06 bits per heavy atom. The summed E-state index contributed by atoms with van der Waals surface area (Å²) in [6, 6.07) is 4.82. The van der Waals surface area contributed by atoms with Gasteiger partial charge >= 0.3 is 0 Å². The first-order valence-corrected chi connectivity index (χ1v) is 6.81. The van der Waals surface area contributed by atoms with Gasteiger partial charge in [0.2, 0.25) is 5.91 Å². The second-order valence-electron chi connectivity index (χ2n) is 3.78. The van der Waals surface area contributed by atoms with E-state index in [9.17, 15) is 13.2 Å². The van der Waals surface area contributed by atoms with Crippen molar-refractivity contribution < 1.29 is 13.2 Å². The van der Waals surface area contributed by atoms with Crippen LogP contribution in [0, 0.1) is 6.92 Å². The van der Waals surface area contributed by atoms with Crippen LogP contribution in [-0.4, -0.2) is 27.1 Å². The first-order chi connectivity index (χ1) is 7.86. The normalized spacial score (nSPS) is 11.2. The Kier molecular flexibility index (Phi) is 4.11. The van der Waals surface area contributed by atoms with Crippen LogP contribution in [0.3, 0.4) is 0 Å². The molecule has 0 saturated heterocycles. The van der Waals surface area contributed by atoms with Crippen molar-refractivity contribution in [2.24, 2.45) is 0 Å². The van der Waals surface area contributed by atoms with Crippen molar-refractivity contribution in [3.8, 4) is 0 Å². The summed E-state index contributed by atoms with van der Waals surface area (Å²) in [4.78, 5) is 11.1. The summed E-state index contributed by atoms with van der Waals surface area (Å²) in [5, 5.41) is 2.38. The molecule has 5 nitrogen and oxygen atoms in total. The average molecular weight is 256 g/mol. The van der Waals surface area contributed by atoms with Gasteiger partial charge < -0.3 is 11.1 Å². The molecule has 0 aliphatic heterocycles. The van der Waals surface area contributed by atoms with Gasteiger partial charge in [-0.05, 0) is 24.6 Å². The lowest BCUT2D eigenvalue weighted by Crippen LogP contribution is -2.21. The highest BCUT2D eigenvalue weighted by Gasteiger charge is 2.18. The van der Waals surface area contributed by atoms with Crippen molar-refractivity contribution in [1.82, 2.24) is 5.32 Å². The van der Waals surface area contributed by atoms with Crippen molar-refractivity contribution in [1.29, 1.82) is 0 Å². The number of anilines is 1. The first kappa shape index (κ1) is 13.5. The van der Waals surface area contributed by atoms with E-state index in [1.165, 1.54) is 13.1 Å². The topological polar surface area (TPSA) is 89.3 Å². The maximum absolute atomic E-state index is 12.0. The molecule has 0 radical (unpaired) electrons. The Labute approximate surface area is 101 Å². The summed E-state index contributed by atoms with van der Waals surface area (Å²) in [5.74, 6) is -0.542. The minimum Gasteiger partial charge on any atom is -0.398 e. The van der Waals surface area contributed by atoms with Crippen LogP contribution in [0.25, 0.3) is 0 Å². The highest BCUT2D eigenvalue weighted by atomic mass is 32.2. The van der Waals surface area contributed by atoms with Gasteiger partial charge in [0.05, 0.1) is 16.3 Å². The highest BCUT2D eigenvalue weighted by molar-refractivity contribution is 7.91. The van der Waals surface area contributed by atoms with E-state index in [0.29, 0.717) is 0 Å². The van der Waals surface area contributed by atoms with Crippen LogP contribution in [0.1, 0.15) is 12.0 Å². The SMILES string of the molecule is CNC(=O)CCS(=O)(=O)c1cc(C)ccc1N. The molecule has 1 amide bonds. The Morgan fingerprint density at radius 1 is 1.41 bits per heavy atom. The summed E-state index contributed by atoms with van der Waals surface area (Å²) in [5.41, 5.74) is 6.67. The molecule has 17 heavy (non-hydrogen) atoms. The van der Waals surface area contributed by atoms with Crippen LogP contribution in [-0.2, 0) is 14.6 Å². The van der Waals surface area contributed by atoms with Gasteiger partial charge in [-0.25, -0.2) is 8.42 Å². The van der Waals surface area contributed by atoms with E-state index in [1.807, 2.05) is 0 Å². The van der Waals surface area contributed by atoms with E-state index in [4.69, 9.17) is 5.73 Å². The van der Waals surface area contributed by atoms with Crippen LogP contribution in [0.15, 0.2) is 23.1 Å². The molecule has 0 saturated carbocycles. The molecule has 0 heterocycles. The monoisotopic (exact) mass is 256 g/mol. The Balaban J connectivity index is 2.97. The maximum atomic E-state index is 12.0. The van der Waals surface area contributed by atoms with E-state index in [-0.39, 0.29) is 28.7 Å². The molecule has 0 aliphatic rings. The van der Waals surface area contributed by atoms with Crippen molar-refractivity contribution in [2.75, 3.05) is 18.5 Å². The predicted molar refractivity (Wildman–Crippen MR) is 66.3 cm³/mol. The second-order valence-corrected chi connectivity index (χ2v) is 5.86. The minimum absolute atomic E-state index is 0.0633. The third-order valence-corrected chi connectivity index (χ3v) is 4.15. The number of sulfone groups is 1. The van der Waals surface area contributed by atoms with E-state index < -0.39 is 9.84 Å². The smallest absolute Gasteiger partial charge is 0.220 e. The standard InChI is InChI=1S/C11H16N2O3S/c1-8-3-4-9(12)10(7-8)17(15,16)6-5-11(14)13-2/h3-4,7H,5-6,12H2,1-2H3,(H,13,14). The quantitative estimate of drug-likeness (QED) is 0.767. The fourth-order valence-electron chi connectivity index (χ4n) is 1.37. The third-order valence-electron chi connectivity index (χ3n) is 2.38. The maximum Gasteiger partial charge on any atom is 0.220 e. The molecule has 1 rings (SSSR count). The zero-order valence-electron chi connectivity index (χ0n) is 9.86. The number of hydrogen-bond acceptors (Lipinski definition) is 4. The zero-order valence-corrected chi connectivity index (χ0v) is 10.7. The van der Waals surface area contributed by atoms with Gasteiger partial charge in [-0.15, -0.1) is 0 Å². The lowest BCUT2D eigenvalue weighted by Gasteiger charge is -2.08. The third kappa shape index (κ3) is 3.45. The molecule has 94 valence electrons. The van der Waals surface area contributed by atoms with E-state index in [0.717, 1.165) is 5.56 Å². The average Bonchev–Trinajstić information content (AvgIpc) is 2.29. The molecule has 0 fully saturated rings. The van der Waals surface area contributed by atoms with Gasteiger partial charge in [-0.3, -0.25) is 4.79 Å². The molecule has 1 aromatic carbocycles. The molecular formula is C11H16N2O3S. The van der Waals surface area contributed by atoms with Gasteiger partial charge in [-0.1, -0.05) is 6.07 Å². The first-order valence-electron chi connectivity index (χ1n) is 5.16. The fraction of sp³-hybridized carbons (Fsp3) is 0.364. The lowest BCUT2D eigenvalue weighted by atomic mass is 10.2. The van der Waals surface area contributed by atoms with Gasteiger partial charge in [0.15, 0.2) is 9.84 Å². The fourth-order valence-corrected chi connectivity index (χ4v) is 2.84. The van der Waals surface area contributed by atoms with Gasteiger partial charge in [0.25, 0.3) is 0 Å². The summed E-state index contributed by atoms with van der Waals surface area (Å²) in [6.45, 7) is 1.79. The summed E-state index contributed by atoms with van der Waals surface area (Å²) in [6.07, 6.45) is -0.0633. The van der Waals surface area contributed by atoms with Crippen LogP contribution in [0.5, 0.6) is 0 Å². The van der Waals surface area contributed by atoms with E-state index >= 15 is 0 Å².